The largest absolute Gasteiger partial charge is 0.490 e. The zero-order chi connectivity index (χ0) is 28.4. The number of hydrogen-bond donors (Lipinski definition) is 4. The summed E-state index contributed by atoms with van der Waals surface area (Å²) in [6.45, 7) is 1.75. The van der Waals surface area contributed by atoms with Gasteiger partial charge in [0.25, 0.3) is 5.91 Å². The monoisotopic (exact) mass is 542 g/mol. The van der Waals surface area contributed by atoms with Crippen LogP contribution in [0.2, 0.25) is 0 Å². The molecule has 6 N–H and O–H groups in total. The Hall–Kier alpha value is -4.60. The van der Waals surface area contributed by atoms with E-state index in [1.165, 1.54) is 7.11 Å². The van der Waals surface area contributed by atoms with Crippen LogP contribution in [-0.2, 0) is 22.4 Å². The number of esters is 1. The second-order valence-corrected chi connectivity index (χ2v) is 10.3. The van der Waals surface area contributed by atoms with Crippen molar-refractivity contribution in [1.82, 2.24) is 9.80 Å². The lowest BCUT2D eigenvalue weighted by molar-refractivity contribution is -0.146. The smallest absolute Gasteiger partial charge is 0.328 e. The third kappa shape index (κ3) is 5.56. The van der Waals surface area contributed by atoms with E-state index in [-0.39, 0.29) is 23.8 Å². The van der Waals surface area contributed by atoms with E-state index in [9.17, 15) is 9.59 Å². The average molecular weight is 543 g/mol. The average Bonchev–Trinajstić information content (AvgIpc) is 2.95. The Morgan fingerprint density at radius 2 is 1.75 bits per heavy atom. The third-order valence-electron chi connectivity index (χ3n) is 7.77. The van der Waals surface area contributed by atoms with Crippen molar-refractivity contribution < 1.29 is 19.1 Å². The summed E-state index contributed by atoms with van der Waals surface area (Å²) >= 11 is 0. The van der Waals surface area contributed by atoms with Crippen LogP contribution >= 0.6 is 0 Å². The van der Waals surface area contributed by atoms with E-state index >= 15 is 0 Å². The summed E-state index contributed by atoms with van der Waals surface area (Å²) in [4.78, 5) is 30.0. The molecule has 0 bridgehead atoms. The van der Waals surface area contributed by atoms with Crippen LogP contribution in [0.4, 0.5) is 0 Å². The van der Waals surface area contributed by atoms with Gasteiger partial charge in [0.15, 0.2) is 5.96 Å². The summed E-state index contributed by atoms with van der Waals surface area (Å²) in [5.74, 6) is 0.114. The van der Waals surface area contributed by atoms with E-state index in [2.05, 4.69) is 0 Å². The molecule has 2 aliphatic rings. The molecule has 2 heterocycles. The number of ether oxygens (including phenoxy) is 2. The van der Waals surface area contributed by atoms with Crippen LogP contribution in [0.5, 0.6) is 5.75 Å². The Bertz CT molecular complexity index is 1480. The lowest BCUT2D eigenvalue weighted by Crippen LogP contribution is -2.50. The number of nitrogens with one attached hydrogen (secondary N) is 2. The number of nitrogen functional groups attached to an aromatic ring is 1. The van der Waals surface area contributed by atoms with Crippen LogP contribution in [0.1, 0.15) is 39.9 Å². The van der Waals surface area contributed by atoms with Gasteiger partial charge in [-0.05, 0) is 52.6 Å². The van der Waals surface area contributed by atoms with Crippen molar-refractivity contribution in [2.45, 2.75) is 37.8 Å². The van der Waals surface area contributed by atoms with E-state index in [1.54, 1.807) is 23.1 Å². The summed E-state index contributed by atoms with van der Waals surface area (Å²) < 4.78 is 11.3. The van der Waals surface area contributed by atoms with Gasteiger partial charge in [0.1, 0.15) is 23.7 Å². The number of amidine groups is 1. The number of guanidine groups is 1. The predicted molar refractivity (Wildman–Crippen MR) is 153 cm³/mol. The van der Waals surface area contributed by atoms with Gasteiger partial charge in [-0.25, -0.2) is 4.79 Å². The molecule has 0 aliphatic carbocycles. The van der Waals surface area contributed by atoms with Crippen molar-refractivity contribution in [3.05, 3.63) is 76.9 Å². The molecule has 10 nitrogen and oxygen atoms in total. The van der Waals surface area contributed by atoms with Crippen molar-refractivity contribution in [3.63, 3.8) is 0 Å². The molecular weight excluding hydrogens is 508 g/mol. The van der Waals surface area contributed by atoms with Crippen molar-refractivity contribution in [2.24, 2.45) is 11.5 Å². The maximum absolute atomic E-state index is 13.6. The fraction of sp³-hybridized carbons (Fsp3) is 0.333. The fourth-order valence-corrected chi connectivity index (χ4v) is 5.53. The summed E-state index contributed by atoms with van der Waals surface area (Å²) in [5, 5.41) is 17.2. The number of piperidine rings is 1. The first-order valence-electron chi connectivity index (χ1n) is 13.4. The number of benzene rings is 3. The number of fused-ring (bicyclic) bond motifs is 2. The van der Waals surface area contributed by atoms with Crippen molar-refractivity contribution in [3.8, 4) is 5.75 Å². The molecule has 1 saturated heterocycles. The minimum atomic E-state index is -0.776. The van der Waals surface area contributed by atoms with Gasteiger partial charge in [0.2, 0.25) is 0 Å². The number of rotatable bonds is 7. The Morgan fingerprint density at radius 3 is 2.45 bits per heavy atom. The summed E-state index contributed by atoms with van der Waals surface area (Å²) in [7, 11) is 1.34. The maximum atomic E-state index is 13.6. The number of methoxy groups -OCH3 is 1. The lowest BCUT2D eigenvalue weighted by Gasteiger charge is -2.35. The van der Waals surface area contributed by atoms with Crippen molar-refractivity contribution in [2.75, 3.05) is 26.7 Å². The highest BCUT2D eigenvalue weighted by atomic mass is 16.5. The SMILES string of the molecule is COC(=O)C(Cc1ccc2ccc(C(=N)N)cc2c1)N1CCc2cc(OC3CCN(C(=N)N)CC3)ccc2C1=O. The zero-order valence-corrected chi connectivity index (χ0v) is 22.5. The second kappa shape index (κ2) is 11.3. The molecule has 1 fully saturated rings. The first-order valence-corrected chi connectivity index (χ1v) is 13.4. The van der Waals surface area contributed by atoms with Gasteiger partial charge in [0, 0.05) is 50.0 Å². The van der Waals surface area contributed by atoms with E-state index in [1.807, 2.05) is 41.3 Å². The van der Waals surface area contributed by atoms with Crippen LogP contribution in [-0.4, -0.2) is 72.4 Å². The molecule has 0 spiro atoms. The first kappa shape index (κ1) is 27.0. The van der Waals surface area contributed by atoms with E-state index in [0.717, 1.165) is 34.7 Å². The van der Waals surface area contributed by atoms with Gasteiger partial charge < -0.3 is 30.7 Å². The number of hydrogen-bond acceptors (Lipinski definition) is 6. The topological polar surface area (TPSA) is 159 Å². The van der Waals surface area contributed by atoms with Gasteiger partial charge in [-0.3, -0.25) is 15.6 Å². The highest BCUT2D eigenvalue weighted by Crippen LogP contribution is 2.28. The molecule has 208 valence electrons. The molecule has 3 aromatic rings. The van der Waals surface area contributed by atoms with Crippen LogP contribution in [0.3, 0.4) is 0 Å². The molecule has 2 aliphatic heterocycles. The lowest BCUT2D eigenvalue weighted by atomic mass is 9.94. The summed E-state index contributed by atoms with van der Waals surface area (Å²) in [6, 6.07) is 16.2. The van der Waals surface area contributed by atoms with Gasteiger partial charge in [-0.15, -0.1) is 0 Å². The first-order chi connectivity index (χ1) is 19.2. The number of carbonyl (C=O) groups excluding carboxylic acids is 2. The number of carbonyl (C=O) groups is 2. The summed E-state index contributed by atoms with van der Waals surface area (Å²) in [6.07, 6.45) is 2.47. The molecule has 0 radical (unpaired) electrons. The number of likely N-dealkylation sites (tertiary alicyclic amines) is 1. The van der Waals surface area contributed by atoms with Crippen LogP contribution in [0.15, 0.2) is 54.6 Å². The maximum Gasteiger partial charge on any atom is 0.328 e. The zero-order valence-electron chi connectivity index (χ0n) is 22.5. The Morgan fingerprint density at radius 1 is 1.00 bits per heavy atom. The third-order valence-corrected chi connectivity index (χ3v) is 7.77. The standard InChI is InChI=1S/C30H34N6O4/c1-39-29(38)26(15-18-2-3-19-4-5-21(27(31)32)16-22(19)14-18)36-13-8-20-17-24(6-7-25(20)28(36)37)40-23-9-11-35(12-10-23)30(33)34/h2-7,14,16-17,23,26H,8-13,15H2,1H3,(H3,31,32)(H3,33,34). The molecule has 1 atom stereocenters. The molecule has 1 amide bonds. The van der Waals surface area contributed by atoms with Crippen LogP contribution in [0, 0.1) is 10.8 Å². The molecule has 5 rings (SSSR count). The van der Waals surface area contributed by atoms with Gasteiger partial charge in [-0.1, -0.05) is 30.3 Å². The number of nitrogens with zero attached hydrogens (tertiary/aromatic N) is 2. The Labute approximate surface area is 232 Å². The van der Waals surface area contributed by atoms with Gasteiger partial charge >= 0.3 is 5.97 Å². The van der Waals surface area contributed by atoms with Crippen LogP contribution < -0.4 is 16.2 Å². The normalized spacial score (nSPS) is 16.4. The summed E-state index contributed by atoms with van der Waals surface area (Å²) in [5.41, 5.74) is 14.2. The highest BCUT2D eigenvalue weighted by molar-refractivity contribution is 6.00. The van der Waals surface area contributed by atoms with Gasteiger partial charge in [-0.2, -0.15) is 0 Å². The minimum absolute atomic E-state index is 0.00996. The molecule has 1 unspecified atom stereocenters. The van der Waals surface area contributed by atoms with E-state index in [4.69, 9.17) is 31.8 Å². The molecule has 3 aromatic carbocycles. The van der Waals surface area contributed by atoms with E-state index < -0.39 is 12.0 Å². The molecule has 10 heteroatoms. The minimum Gasteiger partial charge on any atom is -0.490 e. The van der Waals surface area contributed by atoms with Crippen molar-refractivity contribution >= 4 is 34.4 Å². The van der Waals surface area contributed by atoms with Crippen LogP contribution in [0.25, 0.3) is 10.8 Å². The Balaban J connectivity index is 1.32. The molecule has 0 saturated carbocycles. The van der Waals surface area contributed by atoms with Gasteiger partial charge in [0.05, 0.1) is 7.11 Å². The van der Waals surface area contributed by atoms with E-state index in [0.29, 0.717) is 49.4 Å². The highest BCUT2D eigenvalue weighted by Gasteiger charge is 2.35. The molecule has 0 aromatic heterocycles. The Kier molecular flexibility index (Phi) is 7.59. The second-order valence-electron chi connectivity index (χ2n) is 10.3. The predicted octanol–water partition coefficient (Wildman–Crippen LogP) is 2.64. The fourth-order valence-electron chi connectivity index (χ4n) is 5.53. The number of nitrogens with two attached hydrogens (primary N) is 2. The molecule has 40 heavy (non-hydrogen) atoms. The van der Waals surface area contributed by atoms with Crippen molar-refractivity contribution in [1.29, 1.82) is 10.8 Å². The molecular formula is C30H34N6O4. The quantitative estimate of drug-likeness (QED) is 0.203. The number of amides is 1.